The van der Waals surface area contributed by atoms with E-state index in [4.69, 9.17) is 24.2 Å². The van der Waals surface area contributed by atoms with Crippen LogP contribution >= 0.6 is 0 Å². The van der Waals surface area contributed by atoms with Crippen LogP contribution in [0.1, 0.15) is 36.1 Å². The lowest BCUT2D eigenvalue weighted by atomic mass is 10.0. The lowest BCUT2D eigenvalue weighted by molar-refractivity contribution is 0.0448. The van der Waals surface area contributed by atoms with E-state index < -0.39 is 0 Å². The first-order chi connectivity index (χ1) is 14.1. The molecule has 0 bridgehead atoms. The Hall–Kier alpha value is -3.07. The number of ether oxygens (including phenoxy) is 4. The van der Waals surface area contributed by atoms with Crippen molar-refractivity contribution in [3.05, 3.63) is 70.3 Å². The lowest BCUT2D eigenvalue weighted by Crippen LogP contribution is -2.06. The van der Waals surface area contributed by atoms with Crippen molar-refractivity contribution in [1.29, 1.82) is 5.26 Å². The molecule has 0 heterocycles. The van der Waals surface area contributed by atoms with Crippen molar-refractivity contribution in [3.8, 4) is 17.6 Å². The molecular formula is C24H27NO4. The number of nitrogens with zero attached hydrogens (tertiary/aromatic N) is 1. The largest absolute Gasteiger partial charge is 0.467 e. The summed E-state index contributed by atoms with van der Waals surface area (Å²) in [6.07, 6.45) is 6.76. The van der Waals surface area contributed by atoms with Crippen LogP contribution < -0.4 is 9.47 Å². The highest BCUT2D eigenvalue weighted by Gasteiger charge is 2.13. The maximum atomic E-state index is 8.92. The fourth-order valence-electron chi connectivity index (χ4n) is 2.61. The molecule has 0 aromatic heterocycles. The van der Waals surface area contributed by atoms with Crippen LogP contribution in [0.2, 0.25) is 0 Å². The summed E-state index contributed by atoms with van der Waals surface area (Å²) in [5.41, 5.74) is 4.71. The Morgan fingerprint density at radius 1 is 0.897 bits per heavy atom. The third-order valence-corrected chi connectivity index (χ3v) is 4.08. The summed E-state index contributed by atoms with van der Waals surface area (Å²) in [5, 5.41) is 8.92. The molecule has 0 aliphatic heterocycles. The minimum Gasteiger partial charge on any atom is -0.467 e. The van der Waals surface area contributed by atoms with Gasteiger partial charge in [-0.15, -0.1) is 0 Å². The van der Waals surface area contributed by atoms with Crippen LogP contribution in [0.5, 0.6) is 11.5 Å². The Morgan fingerprint density at radius 3 is 1.93 bits per heavy atom. The van der Waals surface area contributed by atoms with Crippen LogP contribution in [-0.2, 0) is 15.9 Å². The smallest absolute Gasteiger partial charge is 0.188 e. The van der Waals surface area contributed by atoms with Crippen molar-refractivity contribution in [2.45, 2.75) is 20.3 Å². The van der Waals surface area contributed by atoms with Gasteiger partial charge in [-0.2, -0.15) is 5.26 Å². The molecule has 0 fully saturated rings. The molecule has 2 aromatic rings. The molecule has 0 N–H and O–H groups in total. The minimum atomic E-state index is 0.147. The first-order valence-electron chi connectivity index (χ1n) is 9.29. The summed E-state index contributed by atoms with van der Waals surface area (Å²) in [6, 6.07) is 13.5. The van der Waals surface area contributed by atoms with Gasteiger partial charge in [0.15, 0.2) is 13.6 Å². The van der Waals surface area contributed by atoms with Crippen LogP contribution in [0, 0.1) is 11.3 Å². The molecule has 0 atom stereocenters. The van der Waals surface area contributed by atoms with E-state index >= 15 is 0 Å². The summed E-state index contributed by atoms with van der Waals surface area (Å²) in [7, 11) is 3.18. The van der Waals surface area contributed by atoms with Crippen molar-refractivity contribution >= 4 is 12.2 Å². The third-order valence-electron chi connectivity index (χ3n) is 4.08. The van der Waals surface area contributed by atoms with E-state index in [0.29, 0.717) is 23.5 Å². The Morgan fingerprint density at radius 2 is 1.45 bits per heavy atom. The van der Waals surface area contributed by atoms with E-state index in [-0.39, 0.29) is 13.6 Å². The summed E-state index contributed by atoms with van der Waals surface area (Å²) >= 11 is 0. The first-order valence-corrected chi connectivity index (χ1v) is 9.29. The summed E-state index contributed by atoms with van der Waals surface area (Å²) in [6.45, 7) is 4.41. The Balaban J connectivity index is 2.40. The fourth-order valence-corrected chi connectivity index (χ4v) is 2.61. The molecule has 2 aromatic carbocycles. The highest BCUT2D eigenvalue weighted by atomic mass is 16.7. The number of hydrogen-bond acceptors (Lipinski definition) is 5. The highest BCUT2D eigenvalue weighted by Crippen LogP contribution is 2.33. The van der Waals surface area contributed by atoms with Gasteiger partial charge in [0, 0.05) is 19.8 Å². The second-order valence-corrected chi connectivity index (χ2v) is 6.65. The van der Waals surface area contributed by atoms with Crippen molar-refractivity contribution in [2.24, 2.45) is 0 Å². The molecule has 2 rings (SSSR count). The van der Waals surface area contributed by atoms with E-state index in [0.717, 1.165) is 16.7 Å². The van der Waals surface area contributed by atoms with Crippen LogP contribution in [0.3, 0.4) is 0 Å². The van der Waals surface area contributed by atoms with Crippen LogP contribution in [0.4, 0.5) is 0 Å². The van der Waals surface area contributed by atoms with E-state index in [1.54, 1.807) is 26.4 Å². The maximum Gasteiger partial charge on any atom is 0.188 e. The molecule has 5 nitrogen and oxygen atoms in total. The fraction of sp³-hybridized carbons (Fsp3) is 0.292. The molecule has 29 heavy (non-hydrogen) atoms. The average Bonchev–Trinajstić information content (AvgIpc) is 2.73. The van der Waals surface area contributed by atoms with Gasteiger partial charge < -0.3 is 18.9 Å². The monoisotopic (exact) mass is 393 g/mol. The Kier molecular flexibility index (Phi) is 8.97. The van der Waals surface area contributed by atoms with Crippen molar-refractivity contribution in [3.63, 3.8) is 0 Å². The predicted octanol–water partition coefficient (Wildman–Crippen LogP) is 5.20. The van der Waals surface area contributed by atoms with Crippen molar-refractivity contribution in [1.82, 2.24) is 0 Å². The quantitative estimate of drug-likeness (QED) is 0.315. The second kappa shape index (κ2) is 11.7. The normalized spacial score (nSPS) is 10.6. The topological polar surface area (TPSA) is 60.7 Å². The number of rotatable bonds is 10. The molecule has 0 aliphatic carbocycles. The van der Waals surface area contributed by atoms with E-state index in [9.17, 15) is 0 Å². The highest BCUT2D eigenvalue weighted by molar-refractivity contribution is 5.72. The van der Waals surface area contributed by atoms with E-state index in [2.05, 4.69) is 26.0 Å². The number of allylic oxidation sites excluding steroid dienone is 2. The molecule has 0 radical (unpaired) electrons. The zero-order chi connectivity index (χ0) is 21.1. The zero-order valence-corrected chi connectivity index (χ0v) is 17.4. The third kappa shape index (κ3) is 7.11. The Bertz CT molecular complexity index is 859. The predicted molar refractivity (Wildman–Crippen MR) is 115 cm³/mol. The minimum absolute atomic E-state index is 0.147. The van der Waals surface area contributed by atoms with Gasteiger partial charge in [-0.1, -0.05) is 35.9 Å². The average molecular weight is 393 g/mol. The first kappa shape index (κ1) is 22.2. The van der Waals surface area contributed by atoms with Gasteiger partial charge in [0.05, 0.1) is 11.6 Å². The second-order valence-electron chi connectivity index (χ2n) is 6.65. The summed E-state index contributed by atoms with van der Waals surface area (Å²) < 4.78 is 21.8. The number of nitriles is 1. The number of methoxy groups -OCH3 is 2. The van der Waals surface area contributed by atoms with Gasteiger partial charge in [-0.3, -0.25) is 0 Å². The van der Waals surface area contributed by atoms with Crippen molar-refractivity contribution in [2.75, 3.05) is 27.8 Å². The van der Waals surface area contributed by atoms with Gasteiger partial charge in [-0.25, -0.2) is 0 Å². The number of hydrogen-bond donors (Lipinski definition) is 0. The molecule has 152 valence electrons. The van der Waals surface area contributed by atoms with Crippen LogP contribution in [0.15, 0.2) is 48.0 Å². The van der Waals surface area contributed by atoms with E-state index in [1.807, 2.05) is 36.4 Å². The standard InChI is InChI=1S/C24H27NO4/c1-18(2)5-12-22-23(28-16-26-3)13-21(14-24(22)29-17-27-4)11-8-19-6-9-20(15-25)10-7-19/h5-11,13-14H,12,16-17H2,1-4H3. The van der Waals surface area contributed by atoms with Gasteiger partial charge >= 0.3 is 0 Å². The SMILES string of the molecule is COCOc1cc(C=Cc2ccc(C#N)cc2)cc(OCOC)c1CC=C(C)C. The van der Waals surface area contributed by atoms with Crippen molar-refractivity contribution < 1.29 is 18.9 Å². The van der Waals surface area contributed by atoms with Gasteiger partial charge in [0.25, 0.3) is 0 Å². The van der Waals surface area contributed by atoms with Gasteiger partial charge in [0.1, 0.15) is 11.5 Å². The van der Waals surface area contributed by atoms with Crippen LogP contribution in [-0.4, -0.2) is 27.8 Å². The zero-order valence-electron chi connectivity index (χ0n) is 17.4. The summed E-state index contributed by atoms with van der Waals surface area (Å²) in [4.78, 5) is 0. The molecule has 0 spiro atoms. The van der Waals surface area contributed by atoms with E-state index in [1.165, 1.54) is 5.57 Å². The van der Waals surface area contributed by atoms with Gasteiger partial charge in [-0.05, 0) is 55.7 Å². The summed E-state index contributed by atoms with van der Waals surface area (Å²) in [5.74, 6) is 1.41. The maximum absolute atomic E-state index is 8.92. The molecule has 0 amide bonds. The van der Waals surface area contributed by atoms with Crippen LogP contribution in [0.25, 0.3) is 12.2 Å². The molecular weight excluding hydrogens is 366 g/mol. The lowest BCUT2D eigenvalue weighted by Gasteiger charge is -2.16. The number of benzene rings is 2. The molecule has 0 unspecified atom stereocenters. The Labute approximate surface area is 172 Å². The molecule has 5 heteroatoms. The molecule has 0 aliphatic rings. The van der Waals surface area contributed by atoms with Gasteiger partial charge in [0.2, 0.25) is 0 Å². The molecule has 0 saturated heterocycles. The molecule has 0 saturated carbocycles.